The molecule has 2 aliphatic rings. The Bertz CT molecular complexity index is 1140. The number of anilines is 1. The fourth-order valence-corrected chi connectivity index (χ4v) is 4.65. The highest BCUT2D eigenvalue weighted by atomic mass is 16.5. The van der Waals surface area contributed by atoms with Crippen molar-refractivity contribution in [2.75, 3.05) is 32.1 Å². The number of hydrogen-bond acceptors (Lipinski definition) is 7. The van der Waals surface area contributed by atoms with E-state index in [1.807, 2.05) is 19.9 Å². The van der Waals surface area contributed by atoms with Gasteiger partial charge in [-0.3, -0.25) is 4.79 Å². The van der Waals surface area contributed by atoms with Crippen molar-refractivity contribution < 1.29 is 24.0 Å². The van der Waals surface area contributed by atoms with Crippen molar-refractivity contribution in [2.24, 2.45) is 5.92 Å². The largest absolute Gasteiger partial charge is 0.472 e. The minimum absolute atomic E-state index is 0.135. The third kappa shape index (κ3) is 5.23. The summed E-state index contributed by atoms with van der Waals surface area (Å²) in [6.45, 7) is 7.77. The van der Waals surface area contributed by atoms with Crippen LogP contribution in [0.2, 0.25) is 0 Å². The molecular formula is C26H35N5O5. The number of fused-ring (bicyclic) bond motifs is 1. The number of nitrogens with one attached hydrogen (secondary N) is 1. The van der Waals surface area contributed by atoms with Crippen LogP contribution in [-0.2, 0) is 0 Å². The molecule has 4 rings (SSSR count). The lowest BCUT2D eigenvalue weighted by molar-refractivity contribution is 0.0356. The van der Waals surface area contributed by atoms with Crippen LogP contribution in [-0.4, -0.2) is 75.9 Å². The number of likely N-dealkylation sites (N-methyl/N-ethyl adjacent to an activating group) is 1. The van der Waals surface area contributed by atoms with Gasteiger partial charge in [-0.1, -0.05) is 18.2 Å². The van der Waals surface area contributed by atoms with Crippen molar-refractivity contribution in [3.05, 3.63) is 40.9 Å². The fraction of sp³-hybridized carbons (Fsp3) is 0.538. The molecule has 2 aromatic heterocycles. The van der Waals surface area contributed by atoms with Gasteiger partial charge in [-0.25, -0.2) is 9.78 Å². The Balaban J connectivity index is 1.60. The fourth-order valence-electron chi connectivity index (χ4n) is 4.65. The molecule has 36 heavy (non-hydrogen) atoms. The molecule has 2 N–H and O–H groups in total. The van der Waals surface area contributed by atoms with Crippen molar-refractivity contribution in [1.82, 2.24) is 19.9 Å². The molecule has 0 aromatic carbocycles. The second-order valence-corrected chi connectivity index (χ2v) is 9.83. The average Bonchev–Trinajstić information content (AvgIpc) is 3.51. The number of aliphatic hydroxyl groups is 1. The van der Waals surface area contributed by atoms with Crippen molar-refractivity contribution in [1.29, 1.82) is 0 Å². The van der Waals surface area contributed by atoms with Gasteiger partial charge in [0.15, 0.2) is 5.76 Å². The van der Waals surface area contributed by atoms with E-state index in [4.69, 9.17) is 9.26 Å². The molecule has 0 radical (unpaired) electrons. The van der Waals surface area contributed by atoms with Crippen LogP contribution in [0.3, 0.4) is 0 Å². The number of carbonyl (C=O) groups is 2. The van der Waals surface area contributed by atoms with Gasteiger partial charge in [0, 0.05) is 25.7 Å². The van der Waals surface area contributed by atoms with Crippen LogP contribution in [0.1, 0.15) is 60.5 Å². The molecule has 1 aliphatic heterocycles. The summed E-state index contributed by atoms with van der Waals surface area (Å²) in [5.41, 5.74) is 3.62. The number of carbonyl (C=O) groups excluding carboxylic acids is 2. The molecule has 3 amide bonds. The van der Waals surface area contributed by atoms with Crippen LogP contribution in [0.5, 0.6) is 5.88 Å². The monoisotopic (exact) mass is 497 g/mol. The molecule has 10 nitrogen and oxygen atoms in total. The highest BCUT2D eigenvalue weighted by molar-refractivity contribution is 5.97. The van der Waals surface area contributed by atoms with E-state index in [9.17, 15) is 14.7 Å². The first-order valence-electron chi connectivity index (χ1n) is 12.4. The number of aryl methyl sites for hydroxylation is 2. The Hall–Kier alpha value is -3.40. The van der Waals surface area contributed by atoms with Gasteiger partial charge in [0.2, 0.25) is 5.88 Å². The van der Waals surface area contributed by atoms with E-state index in [1.165, 1.54) is 10.5 Å². The van der Waals surface area contributed by atoms with Crippen LogP contribution in [0.15, 0.2) is 22.9 Å². The number of allylic oxidation sites excluding steroid dienone is 2. The maximum atomic E-state index is 13.6. The molecule has 3 atom stereocenters. The van der Waals surface area contributed by atoms with Crippen molar-refractivity contribution in [2.45, 2.75) is 59.1 Å². The zero-order valence-electron chi connectivity index (χ0n) is 21.6. The minimum atomic E-state index is -0.435. The molecule has 0 fully saturated rings. The molecule has 0 bridgehead atoms. The van der Waals surface area contributed by atoms with Gasteiger partial charge in [0.25, 0.3) is 5.91 Å². The van der Waals surface area contributed by atoms with Gasteiger partial charge in [-0.15, -0.1) is 0 Å². The predicted octanol–water partition coefficient (Wildman–Crippen LogP) is 3.64. The number of aromatic nitrogens is 2. The molecule has 0 saturated carbocycles. The second-order valence-electron chi connectivity index (χ2n) is 9.83. The lowest BCUT2D eigenvalue weighted by atomic mass is 9.99. The summed E-state index contributed by atoms with van der Waals surface area (Å²) in [6.07, 6.45) is 6.56. The van der Waals surface area contributed by atoms with Gasteiger partial charge < -0.3 is 29.5 Å². The van der Waals surface area contributed by atoms with E-state index in [1.54, 1.807) is 32.0 Å². The Kier molecular flexibility index (Phi) is 7.63. The smallest absolute Gasteiger partial charge is 0.321 e. The summed E-state index contributed by atoms with van der Waals surface area (Å²) >= 11 is 0. The number of pyridine rings is 1. The topological polar surface area (TPSA) is 121 Å². The van der Waals surface area contributed by atoms with E-state index in [0.29, 0.717) is 29.2 Å². The van der Waals surface area contributed by atoms with Gasteiger partial charge in [0.1, 0.15) is 23.0 Å². The van der Waals surface area contributed by atoms with E-state index >= 15 is 0 Å². The molecule has 2 aromatic rings. The normalized spacial score (nSPS) is 20.7. The molecule has 0 spiro atoms. The molecule has 1 aliphatic carbocycles. The minimum Gasteiger partial charge on any atom is -0.472 e. The van der Waals surface area contributed by atoms with Crippen LogP contribution >= 0.6 is 0 Å². The zero-order valence-corrected chi connectivity index (χ0v) is 21.6. The maximum Gasteiger partial charge on any atom is 0.321 e. The van der Waals surface area contributed by atoms with E-state index in [-0.39, 0.29) is 42.9 Å². The number of rotatable bonds is 6. The molecule has 194 valence electrons. The summed E-state index contributed by atoms with van der Waals surface area (Å²) < 4.78 is 11.4. The Morgan fingerprint density at radius 2 is 2.17 bits per heavy atom. The van der Waals surface area contributed by atoms with Crippen molar-refractivity contribution in [3.63, 3.8) is 0 Å². The molecule has 10 heteroatoms. The van der Waals surface area contributed by atoms with Crippen LogP contribution < -0.4 is 10.1 Å². The van der Waals surface area contributed by atoms with Gasteiger partial charge >= 0.3 is 6.03 Å². The van der Waals surface area contributed by atoms with Gasteiger partial charge in [-0.05, 0) is 57.2 Å². The standard InChI is InChI=1S/C26H35N5O5/c1-15-12-31(16(2)14-32)25(33)21-10-20(19-8-6-7-9-19)11-27-24(21)35-22(15)13-30(5)26(34)28-23-17(3)29-36-18(23)4/h8,10-11,15-16,22,32H,6-7,9,12-14H2,1-5H3,(H,28,34)/t15-,16-,22-/m1/s1. The van der Waals surface area contributed by atoms with Crippen LogP contribution in [0, 0.1) is 19.8 Å². The van der Waals surface area contributed by atoms with Gasteiger partial charge in [0.05, 0.1) is 19.2 Å². The maximum absolute atomic E-state index is 13.6. The molecule has 0 saturated heterocycles. The lowest BCUT2D eigenvalue weighted by Gasteiger charge is -2.37. The van der Waals surface area contributed by atoms with E-state index in [2.05, 4.69) is 21.5 Å². The summed E-state index contributed by atoms with van der Waals surface area (Å²) in [6, 6.07) is 1.15. The zero-order chi connectivity index (χ0) is 26.0. The number of amides is 3. The van der Waals surface area contributed by atoms with E-state index in [0.717, 1.165) is 24.8 Å². The summed E-state index contributed by atoms with van der Waals surface area (Å²) in [4.78, 5) is 34.3. The molecule has 0 unspecified atom stereocenters. The number of ether oxygens (including phenoxy) is 1. The van der Waals surface area contributed by atoms with Crippen LogP contribution in [0.25, 0.3) is 5.57 Å². The third-order valence-electron chi connectivity index (χ3n) is 7.00. The SMILES string of the molecule is Cc1noc(C)c1NC(=O)N(C)C[C@H]1Oc2ncc(C3=CCCC3)cc2C(=O)N([C@H](C)CO)C[C@H]1C. The summed E-state index contributed by atoms with van der Waals surface area (Å²) in [5, 5.41) is 16.6. The van der Waals surface area contributed by atoms with E-state index < -0.39 is 6.10 Å². The van der Waals surface area contributed by atoms with Crippen molar-refractivity contribution >= 4 is 23.2 Å². The highest BCUT2D eigenvalue weighted by Crippen LogP contribution is 2.32. The Morgan fingerprint density at radius 1 is 1.39 bits per heavy atom. The summed E-state index contributed by atoms with van der Waals surface area (Å²) in [7, 11) is 1.69. The Labute approximate surface area is 211 Å². The Morgan fingerprint density at radius 3 is 2.81 bits per heavy atom. The quantitative estimate of drug-likeness (QED) is 0.625. The first-order chi connectivity index (χ1) is 17.2. The summed E-state index contributed by atoms with van der Waals surface area (Å²) in [5.74, 6) is 0.426. The number of nitrogens with zero attached hydrogens (tertiary/aromatic N) is 4. The van der Waals surface area contributed by atoms with Crippen molar-refractivity contribution in [3.8, 4) is 5.88 Å². The molecular weight excluding hydrogens is 462 g/mol. The lowest BCUT2D eigenvalue weighted by Crippen LogP contribution is -2.50. The predicted molar refractivity (Wildman–Crippen MR) is 135 cm³/mol. The first-order valence-corrected chi connectivity index (χ1v) is 12.4. The number of aliphatic hydroxyl groups excluding tert-OH is 1. The second kappa shape index (κ2) is 10.7. The average molecular weight is 498 g/mol. The first kappa shape index (κ1) is 25.7. The third-order valence-corrected chi connectivity index (χ3v) is 7.00. The van der Waals surface area contributed by atoms with Gasteiger partial charge in [-0.2, -0.15) is 0 Å². The molecule has 3 heterocycles. The number of hydrogen-bond donors (Lipinski definition) is 2. The highest BCUT2D eigenvalue weighted by Gasteiger charge is 2.35. The number of urea groups is 1. The van der Waals surface area contributed by atoms with Crippen LogP contribution in [0.4, 0.5) is 10.5 Å².